The molecule has 0 unspecified atom stereocenters. The summed E-state index contributed by atoms with van der Waals surface area (Å²) < 4.78 is 13.0. The molecule has 0 bridgehead atoms. The first-order valence-electron chi connectivity index (χ1n) is 11.4. The maximum Gasteiger partial charge on any atom is 0.338 e. The minimum absolute atomic E-state index is 0.315. The van der Waals surface area contributed by atoms with Crippen molar-refractivity contribution in [1.29, 1.82) is 0 Å². The van der Waals surface area contributed by atoms with Gasteiger partial charge in [0.2, 0.25) is 0 Å². The zero-order chi connectivity index (χ0) is 20.8. The highest BCUT2D eigenvalue weighted by molar-refractivity contribution is 6.67. The summed E-state index contributed by atoms with van der Waals surface area (Å²) in [5.74, 6) is 0. The summed E-state index contributed by atoms with van der Waals surface area (Å²) >= 11 is 0. The number of hydrogen-bond acceptors (Lipinski definition) is 4. The highest BCUT2D eigenvalue weighted by Gasteiger charge is 2.44. The van der Waals surface area contributed by atoms with E-state index in [4.69, 9.17) is 8.85 Å². The fourth-order valence-electron chi connectivity index (χ4n) is 4.00. The Balaban J connectivity index is 5.47. The zero-order valence-corrected chi connectivity index (χ0v) is 20.9. The van der Waals surface area contributed by atoms with Gasteiger partial charge in [-0.15, -0.1) is 0 Å². The second kappa shape index (κ2) is 15.0. The summed E-state index contributed by atoms with van der Waals surface area (Å²) in [4.78, 5) is 4.65. The third kappa shape index (κ3) is 11.6. The normalized spacial score (nSPS) is 13.1. The van der Waals surface area contributed by atoms with Crippen molar-refractivity contribution in [3.63, 3.8) is 0 Å². The van der Waals surface area contributed by atoms with Gasteiger partial charge in [0, 0.05) is 13.2 Å². The molecule has 0 atom stereocenters. The van der Waals surface area contributed by atoms with Crippen LogP contribution in [0.1, 0.15) is 72.6 Å². The maximum atomic E-state index is 6.51. The fourth-order valence-corrected chi connectivity index (χ4v) is 8.34. The molecule has 0 aliphatic heterocycles. The van der Waals surface area contributed by atoms with Crippen molar-refractivity contribution in [3.05, 3.63) is 0 Å². The van der Waals surface area contributed by atoms with Crippen LogP contribution in [-0.2, 0) is 8.85 Å². The van der Waals surface area contributed by atoms with E-state index in [1.165, 1.54) is 44.9 Å². The summed E-state index contributed by atoms with van der Waals surface area (Å²) in [6.07, 6.45) is 8.83. The van der Waals surface area contributed by atoms with Crippen LogP contribution < -0.4 is 0 Å². The minimum Gasteiger partial charge on any atom is -0.394 e. The average molecular weight is 403 g/mol. The van der Waals surface area contributed by atoms with Crippen LogP contribution in [-0.4, -0.2) is 72.9 Å². The van der Waals surface area contributed by atoms with Gasteiger partial charge in [-0.3, -0.25) is 0 Å². The van der Waals surface area contributed by atoms with Crippen LogP contribution in [0.5, 0.6) is 0 Å². The molecule has 0 saturated carbocycles. The third-order valence-corrected chi connectivity index (χ3v) is 9.83. The monoisotopic (exact) mass is 402 g/mol. The molecule has 0 heterocycles. The Hall–Kier alpha value is 0.0569. The van der Waals surface area contributed by atoms with E-state index in [2.05, 4.69) is 65.7 Å². The van der Waals surface area contributed by atoms with E-state index in [9.17, 15) is 0 Å². The van der Waals surface area contributed by atoms with E-state index < -0.39 is 8.56 Å². The Morgan fingerprint density at radius 3 is 1.63 bits per heavy atom. The Labute approximate surface area is 172 Å². The maximum absolute atomic E-state index is 6.51. The van der Waals surface area contributed by atoms with Gasteiger partial charge >= 0.3 is 8.56 Å². The first-order chi connectivity index (χ1) is 12.8. The molecular weight excluding hydrogens is 352 g/mol. The molecule has 0 fully saturated rings. The lowest BCUT2D eigenvalue weighted by molar-refractivity contribution is 0.138. The van der Waals surface area contributed by atoms with Gasteiger partial charge in [-0.05, 0) is 85.5 Å². The Bertz CT molecular complexity index is 333. The van der Waals surface area contributed by atoms with Gasteiger partial charge in [0.1, 0.15) is 0 Å². The van der Waals surface area contributed by atoms with Crippen LogP contribution in [0.15, 0.2) is 0 Å². The summed E-state index contributed by atoms with van der Waals surface area (Å²) in [6, 6.07) is 2.30. The van der Waals surface area contributed by atoms with E-state index in [1.807, 2.05) is 0 Å². The second-order valence-electron chi connectivity index (χ2n) is 8.72. The van der Waals surface area contributed by atoms with Crippen molar-refractivity contribution < 1.29 is 8.85 Å². The van der Waals surface area contributed by atoms with E-state index in [-0.39, 0.29) is 0 Å². The molecule has 0 aliphatic carbocycles. The molecule has 0 aromatic rings. The molecule has 164 valence electrons. The lowest BCUT2D eigenvalue weighted by Crippen LogP contribution is -2.48. The molecule has 5 heteroatoms. The van der Waals surface area contributed by atoms with Crippen molar-refractivity contribution in [3.8, 4) is 0 Å². The molecule has 0 rings (SSSR count). The largest absolute Gasteiger partial charge is 0.394 e. The number of unbranched alkanes of at least 4 members (excludes halogenated alkanes) is 3. The van der Waals surface area contributed by atoms with Crippen LogP contribution in [0.3, 0.4) is 0 Å². The van der Waals surface area contributed by atoms with Gasteiger partial charge in [-0.1, -0.05) is 46.0 Å². The van der Waals surface area contributed by atoms with Crippen LogP contribution in [0.4, 0.5) is 0 Å². The van der Waals surface area contributed by atoms with Crippen LogP contribution in [0.2, 0.25) is 12.1 Å². The summed E-state index contributed by atoms with van der Waals surface area (Å²) in [5, 5.41) is 0. The van der Waals surface area contributed by atoms with E-state index in [0.29, 0.717) is 5.41 Å². The molecule has 0 N–H and O–H groups in total. The summed E-state index contributed by atoms with van der Waals surface area (Å²) in [6.45, 7) is 12.8. The molecular formula is C22H50N2O2Si. The average Bonchev–Trinajstić information content (AvgIpc) is 2.61. The SMILES string of the molecule is CCCCCC[Si](CC(CC)(CCN(C)C)CCN(C)C)(OCC)OCC. The molecule has 4 nitrogen and oxygen atoms in total. The molecule has 0 aliphatic rings. The van der Waals surface area contributed by atoms with Crippen LogP contribution in [0, 0.1) is 5.41 Å². The molecule has 0 radical (unpaired) electrons. The van der Waals surface area contributed by atoms with Gasteiger partial charge < -0.3 is 18.7 Å². The molecule has 0 saturated heterocycles. The van der Waals surface area contributed by atoms with Gasteiger partial charge in [0.25, 0.3) is 0 Å². The van der Waals surface area contributed by atoms with E-state index in [0.717, 1.165) is 38.4 Å². The lowest BCUT2D eigenvalue weighted by atomic mass is 9.80. The number of rotatable bonds is 18. The molecule has 0 aromatic carbocycles. The standard InChI is InChI=1S/C22H50N2O2Si/c1-9-13-14-15-20-27(25-11-3,26-12-4)21-22(10-2,16-18-23(5)6)17-19-24(7)8/h9-21H2,1-8H3. The highest BCUT2D eigenvalue weighted by Crippen LogP contribution is 2.42. The summed E-state index contributed by atoms with van der Waals surface area (Å²) in [5.41, 5.74) is 0.315. The Morgan fingerprint density at radius 2 is 1.26 bits per heavy atom. The smallest absolute Gasteiger partial charge is 0.338 e. The summed E-state index contributed by atoms with van der Waals surface area (Å²) in [7, 11) is 6.57. The molecule has 0 amide bonds. The fraction of sp³-hybridized carbons (Fsp3) is 1.00. The highest BCUT2D eigenvalue weighted by atomic mass is 28.4. The zero-order valence-electron chi connectivity index (χ0n) is 19.9. The predicted octanol–water partition coefficient (Wildman–Crippen LogP) is 5.38. The van der Waals surface area contributed by atoms with Crippen molar-refractivity contribution >= 4 is 8.56 Å². The third-order valence-electron chi connectivity index (χ3n) is 5.80. The van der Waals surface area contributed by atoms with Crippen molar-refractivity contribution in [2.45, 2.75) is 84.7 Å². The predicted molar refractivity (Wildman–Crippen MR) is 122 cm³/mol. The van der Waals surface area contributed by atoms with Crippen molar-refractivity contribution in [2.75, 3.05) is 54.5 Å². The quantitative estimate of drug-likeness (QED) is 0.227. The molecule has 0 spiro atoms. The molecule has 0 aromatic heterocycles. The van der Waals surface area contributed by atoms with Gasteiger partial charge in [-0.25, -0.2) is 0 Å². The van der Waals surface area contributed by atoms with Crippen molar-refractivity contribution in [1.82, 2.24) is 9.80 Å². The first-order valence-corrected chi connectivity index (χ1v) is 13.6. The molecule has 27 heavy (non-hydrogen) atoms. The van der Waals surface area contributed by atoms with Gasteiger partial charge in [-0.2, -0.15) is 0 Å². The van der Waals surface area contributed by atoms with Crippen LogP contribution >= 0.6 is 0 Å². The Morgan fingerprint density at radius 1 is 0.741 bits per heavy atom. The first kappa shape index (κ1) is 27.1. The van der Waals surface area contributed by atoms with Gasteiger partial charge in [0.15, 0.2) is 0 Å². The minimum atomic E-state index is -2.18. The lowest BCUT2D eigenvalue weighted by Gasteiger charge is -2.42. The number of hydrogen-bond donors (Lipinski definition) is 0. The Kier molecular flexibility index (Phi) is 15.0. The second-order valence-corrected chi connectivity index (χ2v) is 12.0. The van der Waals surface area contributed by atoms with E-state index >= 15 is 0 Å². The van der Waals surface area contributed by atoms with Gasteiger partial charge in [0.05, 0.1) is 0 Å². The topological polar surface area (TPSA) is 24.9 Å². The number of nitrogens with zero attached hydrogens (tertiary/aromatic N) is 2. The van der Waals surface area contributed by atoms with E-state index in [1.54, 1.807) is 0 Å². The van der Waals surface area contributed by atoms with Crippen molar-refractivity contribution in [2.24, 2.45) is 5.41 Å². The van der Waals surface area contributed by atoms with Crippen LogP contribution in [0.25, 0.3) is 0 Å².